The number of fused-ring (bicyclic) bond motifs is 4. The van der Waals surface area contributed by atoms with Crippen LogP contribution in [0.25, 0.3) is 0 Å². The van der Waals surface area contributed by atoms with Crippen molar-refractivity contribution < 1.29 is 9.53 Å². The molecule has 0 heterocycles. The summed E-state index contributed by atoms with van der Waals surface area (Å²) >= 11 is 0. The first-order chi connectivity index (χ1) is 13.0. The Balaban J connectivity index is 1.59. The van der Waals surface area contributed by atoms with E-state index >= 15 is 0 Å². The predicted octanol–water partition coefficient (Wildman–Crippen LogP) is 6.20. The number of carbonyl (C=O) groups excluding carboxylic acids is 1. The van der Waals surface area contributed by atoms with E-state index in [0.717, 1.165) is 38.5 Å². The minimum Gasteiger partial charge on any atom is -0.462 e. The fraction of sp³-hybridized carbons (Fsp3) is 0.640. The monoisotopic (exact) mass is 364 g/mol. The van der Waals surface area contributed by atoms with Crippen molar-refractivity contribution in [2.75, 3.05) is 0 Å². The highest BCUT2D eigenvalue weighted by Crippen LogP contribution is 2.61. The second kappa shape index (κ2) is 6.22. The van der Waals surface area contributed by atoms with E-state index in [1.54, 1.807) is 0 Å². The highest BCUT2D eigenvalue weighted by atomic mass is 16.5. The summed E-state index contributed by atoms with van der Waals surface area (Å²) in [5, 5.41) is 0. The highest BCUT2D eigenvalue weighted by Gasteiger charge is 2.50. The topological polar surface area (TPSA) is 26.3 Å². The molecule has 0 N–H and O–H groups in total. The van der Waals surface area contributed by atoms with Crippen molar-refractivity contribution in [3.63, 3.8) is 0 Å². The number of allylic oxidation sites excluding steroid dienone is 7. The Labute approximate surface area is 163 Å². The molecule has 0 radical (unpaired) electrons. The third kappa shape index (κ3) is 2.62. The zero-order chi connectivity index (χ0) is 18.6. The van der Waals surface area contributed by atoms with Gasteiger partial charge in [-0.25, -0.2) is 0 Å². The van der Waals surface area contributed by atoms with Crippen molar-refractivity contribution >= 4 is 5.97 Å². The van der Waals surface area contributed by atoms with E-state index in [4.69, 9.17) is 4.74 Å². The molecule has 5 aliphatic carbocycles. The molecule has 1 fully saturated rings. The number of hydrogen-bond donors (Lipinski definition) is 0. The summed E-state index contributed by atoms with van der Waals surface area (Å²) in [6.07, 6.45) is 20.8. The van der Waals surface area contributed by atoms with Crippen molar-refractivity contribution in [1.29, 1.82) is 0 Å². The van der Waals surface area contributed by atoms with E-state index in [0.29, 0.717) is 0 Å². The minimum absolute atomic E-state index is 0.0164. The van der Waals surface area contributed by atoms with E-state index in [-0.39, 0.29) is 28.8 Å². The van der Waals surface area contributed by atoms with Crippen molar-refractivity contribution in [3.05, 3.63) is 46.6 Å². The standard InChI is InChI=1S/C25H32O2/c1-24-13-7-11-20(24)22-19(23(26)27-18-9-3-4-10-18)16-17-8-5-6-14-25(17,2)21(22)12-15-24/h6,8,11,14,18-19H,3-5,7,9-10,12-13,15-16H2,1-2H3/t19-,24+,25+/m1/s1. The van der Waals surface area contributed by atoms with E-state index in [1.807, 2.05) is 0 Å². The molecule has 5 aliphatic rings. The quantitative estimate of drug-likeness (QED) is 0.430. The first-order valence-electron chi connectivity index (χ1n) is 11.0. The molecule has 0 saturated heterocycles. The molecule has 27 heavy (non-hydrogen) atoms. The second-order valence-corrected chi connectivity index (χ2v) is 9.78. The van der Waals surface area contributed by atoms with E-state index in [9.17, 15) is 4.79 Å². The molecule has 1 saturated carbocycles. The molecule has 0 aromatic rings. The van der Waals surface area contributed by atoms with Gasteiger partial charge in [0.05, 0.1) is 5.92 Å². The summed E-state index contributed by atoms with van der Waals surface area (Å²) in [7, 11) is 0. The first kappa shape index (κ1) is 17.5. The molecular formula is C25H32O2. The van der Waals surface area contributed by atoms with Crippen LogP contribution in [0.3, 0.4) is 0 Å². The van der Waals surface area contributed by atoms with Gasteiger partial charge in [0, 0.05) is 5.41 Å². The van der Waals surface area contributed by atoms with Gasteiger partial charge in [-0.3, -0.25) is 4.79 Å². The lowest BCUT2D eigenvalue weighted by Crippen LogP contribution is -2.40. The van der Waals surface area contributed by atoms with Crippen LogP contribution in [0.2, 0.25) is 0 Å². The third-order valence-corrected chi connectivity index (χ3v) is 8.12. The van der Waals surface area contributed by atoms with Crippen molar-refractivity contribution in [2.45, 2.75) is 84.2 Å². The van der Waals surface area contributed by atoms with Crippen LogP contribution in [0, 0.1) is 16.7 Å². The Hall–Kier alpha value is -1.57. The molecule has 2 nitrogen and oxygen atoms in total. The van der Waals surface area contributed by atoms with Crippen LogP contribution in [-0.4, -0.2) is 12.1 Å². The highest BCUT2D eigenvalue weighted by molar-refractivity contribution is 5.80. The molecule has 5 rings (SSSR count). The average Bonchev–Trinajstić information content (AvgIpc) is 3.29. The third-order valence-electron chi connectivity index (χ3n) is 8.12. The minimum atomic E-state index is -0.0876. The van der Waals surface area contributed by atoms with E-state index < -0.39 is 0 Å². The van der Waals surface area contributed by atoms with Gasteiger partial charge < -0.3 is 4.74 Å². The van der Waals surface area contributed by atoms with Crippen LogP contribution < -0.4 is 0 Å². The molecule has 0 bridgehead atoms. The summed E-state index contributed by atoms with van der Waals surface area (Å²) < 4.78 is 6.05. The Kier molecular flexibility index (Phi) is 4.04. The Bertz CT molecular complexity index is 789. The van der Waals surface area contributed by atoms with E-state index in [1.165, 1.54) is 48.0 Å². The molecule has 2 heteroatoms. The Morgan fingerprint density at radius 3 is 2.78 bits per heavy atom. The van der Waals surface area contributed by atoms with E-state index in [2.05, 4.69) is 38.2 Å². The number of carbonyl (C=O) groups is 1. The summed E-state index contributed by atoms with van der Waals surface area (Å²) in [5.74, 6) is -0.0423. The van der Waals surface area contributed by atoms with Crippen LogP contribution in [0.5, 0.6) is 0 Å². The number of rotatable bonds is 2. The summed E-state index contributed by atoms with van der Waals surface area (Å²) in [6, 6.07) is 0. The average molecular weight is 365 g/mol. The molecule has 0 amide bonds. The number of ether oxygens (including phenoxy) is 1. The maximum Gasteiger partial charge on any atom is 0.314 e. The normalized spacial score (nSPS) is 38.1. The largest absolute Gasteiger partial charge is 0.462 e. The van der Waals surface area contributed by atoms with Gasteiger partial charge in [-0.1, -0.05) is 42.4 Å². The van der Waals surface area contributed by atoms with Gasteiger partial charge in [0.25, 0.3) is 0 Å². The van der Waals surface area contributed by atoms with Crippen LogP contribution >= 0.6 is 0 Å². The predicted molar refractivity (Wildman–Crippen MR) is 108 cm³/mol. The van der Waals surface area contributed by atoms with Gasteiger partial charge in [0.2, 0.25) is 0 Å². The molecule has 3 atom stereocenters. The Morgan fingerprint density at radius 1 is 1.15 bits per heavy atom. The molecular weight excluding hydrogens is 332 g/mol. The summed E-state index contributed by atoms with van der Waals surface area (Å²) in [6.45, 7) is 4.79. The smallest absolute Gasteiger partial charge is 0.314 e. The van der Waals surface area contributed by atoms with Crippen molar-refractivity contribution in [3.8, 4) is 0 Å². The van der Waals surface area contributed by atoms with Gasteiger partial charge in [0.15, 0.2) is 0 Å². The lowest BCUT2D eigenvalue weighted by atomic mass is 9.55. The summed E-state index contributed by atoms with van der Waals surface area (Å²) in [5.41, 5.74) is 6.09. The molecule has 144 valence electrons. The molecule has 0 aromatic carbocycles. The van der Waals surface area contributed by atoms with Crippen LogP contribution in [0.15, 0.2) is 46.6 Å². The molecule has 0 unspecified atom stereocenters. The maximum atomic E-state index is 13.4. The number of hydrogen-bond acceptors (Lipinski definition) is 2. The SMILES string of the molecule is C[C@@]12CCC=C1C1=C(CC2)[C@@]2(C)C=CCC=C2C[C@H]1C(=O)OC1CCCC1. The van der Waals surface area contributed by atoms with Crippen LogP contribution in [-0.2, 0) is 9.53 Å². The molecule has 0 aromatic heterocycles. The lowest BCUT2D eigenvalue weighted by Gasteiger charge is -2.49. The zero-order valence-corrected chi connectivity index (χ0v) is 16.9. The van der Waals surface area contributed by atoms with Crippen molar-refractivity contribution in [2.24, 2.45) is 16.7 Å². The van der Waals surface area contributed by atoms with Crippen LogP contribution in [0.4, 0.5) is 0 Å². The van der Waals surface area contributed by atoms with Crippen molar-refractivity contribution in [1.82, 2.24) is 0 Å². The van der Waals surface area contributed by atoms with Gasteiger partial charge in [-0.05, 0) is 87.7 Å². The second-order valence-electron chi connectivity index (χ2n) is 9.78. The van der Waals surface area contributed by atoms with Gasteiger partial charge in [0.1, 0.15) is 6.10 Å². The van der Waals surface area contributed by atoms with Gasteiger partial charge >= 0.3 is 5.97 Å². The molecule has 0 spiro atoms. The Morgan fingerprint density at radius 2 is 1.96 bits per heavy atom. The van der Waals surface area contributed by atoms with Crippen LogP contribution in [0.1, 0.15) is 78.1 Å². The fourth-order valence-electron chi connectivity index (χ4n) is 6.45. The fourth-order valence-corrected chi connectivity index (χ4v) is 6.45. The lowest BCUT2D eigenvalue weighted by molar-refractivity contribution is -0.152. The molecule has 0 aliphatic heterocycles. The zero-order valence-electron chi connectivity index (χ0n) is 16.9. The summed E-state index contributed by atoms with van der Waals surface area (Å²) in [4.78, 5) is 13.4. The maximum absolute atomic E-state index is 13.4. The first-order valence-corrected chi connectivity index (χ1v) is 11.0. The number of esters is 1. The van der Waals surface area contributed by atoms with Gasteiger partial charge in [-0.2, -0.15) is 0 Å². The van der Waals surface area contributed by atoms with Gasteiger partial charge in [-0.15, -0.1) is 0 Å².